The number of ether oxygens (including phenoxy) is 3. The molecule has 1 saturated heterocycles. The first-order valence-corrected chi connectivity index (χ1v) is 12.9. The quantitative estimate of drug-likeness (QED) is 0.205. The molecule has 1 amide bonds. The van der Waals surface area contributed by atoms with E-state index in [1.807, 2.05) is 32.1 Å². The minimum atomic E-state index is -0.434. The minimum absolute atomic E-state index is 0.116. The number of rotatable bonds is 9. The number of benzene rings is 2. The van der Waals surface area contributed by atoms with E-state index in [9.17, 15) is 9.59 Å². The molecule has 2 aromatic rings. The Kier molecular flexibility index (Phi) is 9.40. The van der Waals surface area contributed by atoms with Gasteiger partial charge in [0, 0.05) is 6.54 Å². The molecule has 34 heavy (non-hydrogen) atoms. The first-order chi connectivity index (χ1) is 16.4. The van der Waals surface area contributed by atoms with Crippen molar-refractivity contribution in [2.45, 2.75) is 27.2 Å². The first-order valence-electron chi connectivity index (χ1n) is 11.0. The molecule has 3 rings (SSSR count). The Balaban J connectivity index is 1.94. The highest BCUT2D eigenvalue weighted by Gasteiger charge is 2.32. The van der Waals surface area contributed by atoms with Crippen LogP contribution < -0.4 is 9.47 Å². The summed E-state index contributed by atoms with van der Waals surface area (Å²) in [5.41, 5.74) is 1.82. The highest BCUT2D eigenvalue weighted by atomic mass is 127. The van der Waals surface area contributed by atoms with Crippen molar-refractivity contribution in [3.05, 3.63) is 56.0 Å². The summed E-state index contributed by atoms with van der Waals surface area (Å²) in [5, 5.41) is 0.559. The summed E-state index contributed by atoms with van der Waals surface area (Å²) in [6.07, 6.45) is 2.74. The summed E-state index contributed by atoms with van der Waals surface area (Å²) in [7, 11) is 1.34. The van der Waals surface area contributed by atoms with E-state index in [-0.39, 0.29) is 5.91 Å². The van der Waals surface area contributed by atoms with Crippen LogP contribution in [-0.2, 0) is 9.53 Å². The standard InChI is InChI=1S/C25H27IN2O5S/c1-5-11-33-22-19(26)12-16(13-20(22)32-7-3)14-21-23(29)28(6-2)25(34-21)27-18-10-8-9-17(15-18)24(30)31-4/h8-10,12-15H,5-7,11H2,1-4H3. The number of amidine groups is 1. The Morgan fingerprint density at radius 2 is 1.97 bits per heavy atom. The number of amides is 1. The second-order valence-electron chi connectivity index (χ2n) is 7.21. The number of nitrogens with zero attached hydrogens (tertiary/aromatic N) is 2. The van der Waals surface area contributed by atoms with Crippen LogP contribution in [0, 0.1) is 3.57 Å². The molecule has 1 aliphatic rings. The molecule has 2 aromatic carbocycles. The Morgan fingerprint density at radius 3 is 2.65 bits per heavy atom. The Hall–Kier alpha value is -2.53. The SMILES string of the molecule is CCCOc1c(I)cc(C=C2SC(=Nc3cccc(C(=O)OC)c3)N(CC)C2=O)cc1OCC. The highest BCUT2D eigenvalue weighted by molar-refractivity contribution is 14.1. The fraction of sp³-hybridized carbons (Fsp3) is 0.320. The fourth-order valence-electron chi connectivity index (χ4n) is 3.23. The number of carbonyl (C=O) groups is 2. The summed E-state index contributed by atoms with van der Waals surface area (Å²) in [6, 6.07) is 10.7. The maximum Gasteiger partial charge on any atom is 0.337 e. The zero-order chi connectivity index (χ0) is 24.7. The number of thioether (sulfide) groups is 1. The lowest BCUT2D eigenvalue weighted by atomic mass is 10.2. The van der Waals surface area contributed by atoms with Gasteiger partial charge in [0.15, 0.2) is 16.7 Å². The van der Waals surface area contributed by atoms with E-state index in [2.05, 4.69) is 34.5 Å². The maximum absolute atomic E-state index is 13.1. The molecule has 0 radical (unpaired) electrons. The van der Waals surface area contributed by atoms with Gasteiger partial charge in [0.05, 0.1) is 40.0 Å². The van der Waals surface area contributed by atoms with Crippen molar-refractivity contribution in [3.63, 3.8) is 0 Å². The van der Waals surface area contributed by atoms with Crippen LogP contribution in [-0.4, -0.2) is 48.8 Å². The van der Waals surface area contributed by atoms with Gasteiger partial charge in [-0.05, 0) is 96.6 Å². The molecule has 1 fully saturated rings. The summed E-state index contributed by atoms with van der Waals surface area (Å²) in [6.45, 7) is 7.47. The van der Waals surface area contributed by atoms with Gasteiger partial charge in [-0.2, -0.15) is 0 Å². The normalized spacial score (nSPS) is 15.8. The van der Waals surface area contributed by atoms with Crippen LogP contribution in [0.1, 0.15) is 43.1 Å². The largest absolute Gasteiger partial charge is 0.490 e. The van der Waals surface area contributed by atoms with Crippen LogP contribution in [0.5, 0.6) is 11.5 Å². The first kappa shape index (κ1) is 26.1. The zero-order valence-corrected chi connectivity index (χ0v) is 22.6. The molecule has 0 N–H and O–H groups in total. The van der Waals surface area contributed by atoms with Crippen molar-refractivity contribution in [1.82, 2.24) is 4.90 Å². The zero-order valence-electron chi connectivity index (χ0n) is 19.6. The van der Waals surface area contributed by atoms with Crippen LogP contribution >= 0.6 is 34.4 Å². The van der Waals surface area contributed by atoms with E-state index in [1.54, 1.807) is 29.2 Å². The minimum Gasteiger partial charge on any atom is -0.490 e. The molecule has 1 aliphatic heterocycles. The number of hydrogen-bond acceptors (Lipinski definition) is 7. The van der Waals surface area contributed by atoms with Gasteiger partial charge in [-0.1, -0.05) is 13.0 Å². The van der Waals surface area contributed by atoms with Gasteiger partial charge in [0.1, 0.15) is 0 Å². The molecule has 0 aromatic heterocycles. The molecule has 7 nitrogen and oxygen atoms in total. The van der Waals surface area contributed by atoms with Crippen LogP contribution in [0.4, 0.5) is 5.69 Å². The van der Waals surface area contributed by atoms with Gasteiger partial charge in [-0.25, -0.2) is 9.79 Å². The molecule has 0 spiro atoms. The monoisotopic (exact) mass is 594 g/mol. The smallest absolute Gasteiger partial charge is 0.337 e. The molecule has 0 atom stereocenters. The lowest BCUT2D eigenvalue weighted by Crippen LogP contribution is -2.28. The van der Waals surface area contributed by atoms with Crippen molar-refractivity contribution < 1.29 is 23.8 Å². The molecule has 0 unspecified atom stereocenters. The molecular formula is C25H27IN2O5S. The summed E-state index contributed by atoms with van der Waals surface area (Å²) >= 11 is 3.53. The topological polar surface area (TPSA) is 77.4 Å². The molecular weight excluding hydrogens is 567 g/mol. The van der Waals surface area contributed by atoms with Crippen LogP contribution in [0.25, 0.3) is 6.08 Å². The highest BCUT2D eigenvalue weighted by Crippen LogP contribution is 2.38. The van der Waals surface area contributed by atoms with E-state index in [1.165, 1.54) is 18.9 Å². The Labute approximate surface area is 217 Å². The van der Waals surface area contributed by atoms with Gasteiger partial charge in [-0.15, -0.1) is 0 Å². The second kappa shape index (κ2) is 12.3. The summed E-state index contributed by atoms with van der Waals surface area (Å²) < 4.78 is 17.4. The number of hydrogen-bond donors (Lipinski definition) is 0. The second-order valence-corrected chi connectivity index (χ2v) is 9.38. The van der Waals surface area contributed by atoms with E-state index in [0.29, 0.717) is 46.8 Å². The molecule has 0 bridgehead atoms. The maximum atomic E-state index is 13.1. The molecule has 1 heterocycles. The third-order valence-electron chi connectivity index (χ3n) is 4.78. The number of methoxy groups -OCH3 is 1. The lowest BCUT2D eigenvalue weighted by Gasteiger charge is -2.14. The Bertz CT molecular complexity index is 1130. The van der Waals surface area contributed by atoms with Crippen molar-refractivity contribution in [3.8, 4) is 11.5 Å². The number of halogens is 1. The van der Waals surface area contributed by atoms with E-state index < -0.39 is 5.97 Å². The van der Waals surface area contributed by atoms with Crippen molar-refractivity contribution in [1.29, 1.82) is 0 Å². The van der Waals surface area contributed by atoms with Crippen LogP contribution in [0.15, 0.2) is 46.3 Å². The fourth-order valence-corrected chi connectivity index (χ4v) is 5.07. The van der Waals surface area contributed by atoms with Gasteiger partial charge in [0.25, 0.3) is 5.91 Å². The van der Waals surface area contributed by atoms with Crippen LogP contribution in [0.2, 0.25) is 0 Å². The van der Waals surface area contributed by atoms with Crippen molar-refractivity contribution in [2.75, 3.05) is 26.9 Å². The van der Waals surface area contributed by atoms with Crippen LogP contribution in [0.3, 0.4) is 0 Å². The third kappa shape index (κ3) is 6.12. The third-order valence-corrected chi connectivity index (χ3v) is 6.58. The Morgan fingerprint density at radius 1 is 1.18 bits per heavy atom. The number of esters is 1. The number of carbonyl (C=O) groups excluding carboxylic acids is 2. The van der Waals surface area contributed by atoms with Gasteiger partial charge >= 0.3 is 5.97 Å². The molecule has 9 heteroatoms. The van der Waals surface area contributed by atoms with E-state index >= 15 is 0 Å². The predicted octanol–water partition coefficient (Wildman–Crippen LogP) is 5.89. The average molecular weight is 594 g/mol. The summed E-state index contributed by atoms with van der Waals surface area (Å²) in [5.74, 6) is 0.830. The van der Waals surface area contributed by atoms with E-state index in [0.717, 1.165) is 21.3 Å². The number of likely N-dealkylation sites (N-methyl/N-ethyl adjacent to an activating group) is 1. The van der Waals surface area contributed by atoms with Crippen molar-refractivity contribution >= 4 is 63.2 Å². The average Bonchev–Trinajstić information content (AvgIpc) is 3.11. The van der Waals surface area contributed by atoms with Gasteiger partial charge in [-0.3, -0.25) is 9.69 Å². The number of aliphatic imine (C=N–C) groups is 1. The molecule has 0 saturated carbocycles. The lowest BCUT2D eigenvalue weighted by molar-refractivity contribution is -0.122. The van der Waals surface area contributed by atoms with Gasteiger partial charge in [0.2, 0.25) is 0 Å². The van der Waals surface area contributed by atoms with Gasteiger partial charge < -0.3 is 14.2 Å². The molecule has 180 valence electrons. The molecule has 0 aliphatic carbocycles. The predicted molar refractivity (Wildman–Crippen MR) is 144 cm³/mol. The van der Waals surface area contributed by atoms with Crippen molar-refractivity contribution in [2.24, 2.45) is 4.99 Å². The summed E-state index contributed by atoms with van der Waals surface area (Å²) in [4.78, 5) is 31.7. The van der Waals surface area contributed by atoms with E-state index in [4.69, 9.17) is 14.2 Å².